The molecule has 27 heavy (non-hydrogen) atoms. The first-order chi connectivity index (χ1) is 13.1. The highest BCUT2D eigenvalue weighted by molar-refractivity contribution is 6.07. The van der Waals surface area contributed by atoms with Crippen LogP contribution in [0.5, 0.6) is 0 Å². The van der Waals surface area contributed by atoms with E-state index in [0.717, 1.165) is 43.0 Å². The van der Waals surface area contributed by atoms with Crippen molar-refractivity contribution in [2.75, 3.05) is 31.1 Å². The zero-order valence-corrected chi connectivity index (χ0v) is 15.1. The zero-order chi connectivity index (χ0) is 19.1. The van der Waals surface area contributed by atoms with Crippen LogP contribution in [-0.4, -0.2) is 37.9 Å². The SMILES string of the molecule is NC(=O)/C=C/c1cccc(/C=C/C(=O)c2ccc(N3CCNCC3)cc2)c1. The number of benzene rings is 2. The number of nitrogens with one attached hydrogen (secondary N) is 1. The van der Waals surface area contributed by atoms with Crippen LogP contribution in [0.15, 0.2) is 60.7 Å². The molecule has 3 rings (SSSR count). The minimum absolute atomic E-state index is 0.0417. The summed E-state index contributed by atoms with van der Waals surface area (Å²) in [6.45, 7) is 3.93. The van der Waals surface area contributed by atoms with E-state index in [9.17, 15) is 9.59 Å². The topological polar surface area (TPSA) is 75.4 Å². The standard InChI is InChI=1S/C22H23N3O2/c23-22(27)11-5-18-3-1-2-17(16-18)4-10-21(26)19-6-8-20(9-7-19)25-14-12-24-13-15-25/h1-11,16,24H,12-15H2,(H2,23,27)/b10-4+,11-5+. The van der Waals surface area contributed by atoms with Crippen molar-refractivity contribution < 1.29 is 9.59 Å². The number of carbonyl (C=O) groups is 2. The predicted octanol–water partition coefficient (Wildman–Crippen LogP) is 2.49. The number of piperazine rings is 1. The van der Waals surface area contributed by atoms with Gasteiger partial charge in [0.05, 0.1) is 0 Å². The van der Waals surface area contributed by atoms with Crippen molar-refractivity contribution in [3.05, 3.63) is 77.4 Å². The maximum absolute atomic E-state index is 12.4. The molecule has 5 heteroatoms. The molecular formula is C22H23N3O2. The average molecular weight is 361 g/mol. The second-order valence-electron chi connectivity index (χ2n) is 6.39. The monoisotopic (exact) mass is 361 g/mol. The van der Waals surface area contributed by atoms with Crippen LogP contribution in [0.1, 0.15) is 21.5 Å². The lowest BCUT2D eigenvalue weighted by Gasteiger charge is -2.29. The molecule has 0 aliphatic carbocycles. The van der Waals surface area contributed by atoms with Crippen molar-refractivity contribution in [1.82, 2.24) is 5.32 Å². The summed E-state index contributed by atoms with van der Waals surface area (Å²) in [7, 11) is 0. The maximum Gasteiger partial charge on any atom is 0.241 e. The lowest BCUT2D eigenvalue weighted by atomic mass is 10.1. The molecule has 0 saturated carbocycles. The van der Waals surface area contributed by atoms with E-state index in [1.54, 1.807) is 18.2 Å². The van der Waals surface area contributed by atoms with Crippen LogP contribution in [0.25, 0.3) is 12.2 Å². The van der Waals surface area contributed by atoms with Gasteiger partial charge in [0.2, 0.25) is 5.91 Å². The van der Waals surface area contributed by atoms with Gasteiger partial charge in [-0.15, -0.1) is 0 Å². The minimum atomic E-state index is -0.490. The Morgan fingerprint density at radius 3 is 2.19 bits per heavy atom. The number of carbonyl (C=O) groups excluding carboxylic acids is 2. The molecule has 0 unspecified atom stereocenters. The van der Waals surface area contributed by atoms with E-state index in [4.69, 9.17) is 5.73 Å². The molecule has 0 spiro atoms. The first kappa shape index (κ1) is 18.6. The third-order valence-electron chi connectivity index (χ3n) is 4.41. The van der Waals surface area contributed by atoms with E-state index in [0.29, 0.717) is 5.56 Å². The molecule has 1 fully saturated rings. The lowest BCUT2D eigenvalue weighted by molar-refractivity contribution is -0.113. The summed E-state index contributed by atoms with van der Waals surface area (Å²) in [6, 6.07) is 15.3. The van der Waals surface area contributed by atoms with Crippen molar-refractivity contribution in [2.45, 2.75) is 0 Å². The molecule has 1 saturated heterocycles. The Morgan fingerprint density at radius 2 is 1.56 bits per heavy atom. The second kappa shape index (κ2) is 8.96. The van der Waals surface area contributed by atoms with E-state index in [-0.39, 0.29) is 5.78 Å². The molecule has 0 aromatic heterocycles. The van der Waals surface area contributed by atoms with Crippen LogP contribution in [-0.2, 0) is 4.79 Å². The maximum atomic E-state index is 12.4. The number of hydrogen-bond donors (Lipinski definition) is 2. The molecule has 1 amide bonds. The van der Waals surface area contributed by atoms with E-state index in [1.807, 2.05) is 48.5 Å². The van der Waals surface area contributed by atoms with Crippen LogP contribution < -0.4 is 16.0 Å². The molecule has 0 atom stereocenters. The molecule has 5 nitrogen and oxygen atoms in total. The molecular weight excluding hydrogens is 338 g/mol. The number of primary amides is 1. The fourth-order valence-corrected chi connectivity index (χ4v) is 2.97. The van der Waals surface area contributed by atoms with Gasteiger partial charge < -0.3 is 16.0 Å². The quantitative estimate of drug-likeness (QED) is 0.612. The number of ketones is 1. The number of rotatable bonds is 6. The predicted molar refractivity (Wildman–Crippen MR) is 110 cm³/mol. The van der Waals surface area contributed by atoms with Gasteiger partial charge in [0.25, 0.3) is 0 Å². The number of amides is 1. The summed E-state index contributed by atoms with van der Waals surface area (Å²) in [6.07, 6.45) is 6.30. The van der Waals surface area contributed by atoms with Crippen LogP contribution in [0.3, 0.4) is 0 Å². The van der Waals surface area contributed by atoms with Crippen molar-refractivity contribution in [3.63, 3.8) is 0 Å². The number of anilines is 1. The fraction of sp³-hybridized carbons (Fsp3) is 0.182. The Hall–Kier alpha value is -3.18. The molecule has 1 heterocycles. The van der Waals surface area contributed by atoms with Crippen molar-refractivity contribution in [2.24, 2.45) is 5.73 Å². The van der Waals surface area contributed by atoms with Crippen LogP contribution >= 0.6 is 0 Å². The molecule has 138 valence electrons. The molecule has 2 aromatic rings. The summed E-state index contributed by atoms with van der Waals surface area (Å²) in [5, 5.41) is 3.33. The highest BCUT2D eigenvalue weighted by Gasteiger charge is 2.10. The Balaban J connectivity index is 1.66. The van der Waals surface area contributed by atoms with Gasteiger partial charge in [-0.2, -0.15) is 0 Å². The molecule has 2 aromatic carbocycles. The largest absolute Gasteiger partial charge is 0.369 e. The Morgan fingerprint density at radius 1 is 0.926 bits per heavy atom. The van der Waals surface area contributed by atoms with Crippen molar-refractivity contribution in [3.8, 4) is 0 Å². The molecule has 1 aliphatic rings. The van der Waals surface area contributed by atoms with Gasteiger partial charge in [0.15, 0.2) is 5.78 Å². The minimum Gasteiger partial charge on any atom is -0.369 e. The molecule has 1 aliphatic heterocycles. The molecule has 0 radical (unpaired) electrons. The summed E-state index contributed by atoms with van der Waals surface area (Å²) < 4.78 is 0. The highest BCUT2D eigenvalue weighted by atomic mass is 16.1. The number of allylic oxidation sites excluding steroid dienone is 1. The van der Waals surface area contributed by atoms with Crippen LogP contribution in [0.2, 0.25) is 0 Å². The van der Waals surface area contributed by atoms with Crippen LogP contribution in [0.4, 0.5) is 5.69 Å². The number of nitrogens with zero attached hydrogens (tertiary/aromatic N) is 1. The van der Waals surface area contributed by atoms with Gasteiger partial charge in [-0.1, -0.05) is 24.3 Å². The van der Waals surface area contributed by atoms with Gasteiger partial charge in [-0.05, 0) is 53.6 Å². The normalized spacial score (nSPS) is 14.7. The third-order valence-corrected chi connectivity index (χ3v) is 4.41. The number of nitrogens with two attached hydrogens (primary N) is 1. The molecule has 0 bridgehead atoms. The van der Waals surface area contributed by atoms with E-state index in [2.05, 4.69) is 10.2 Å². The van der Waals surface area contributed by atoms with Gasteiger partial charge in [0, 0.05) is 43.5 Å². The number of hydrogen-bond acceptors (Lipinski definition) is 4. The third kappa shape index (κ3) is 5.39. The van der Waals surface area contributed by atoms with E-state index < -0.39 is 5.91 Å². The summed E-state index contributed by atoms with van der Waals surface area (Å²) in [5.41, 5.74) is 8.65. The molecule has 3 N–H and O–H groups in total. The fourth-order valence-electron chi connectivity index (χ4n) is 2.97. The second-order valence-corrected chi connectivity index (χ2v) is 6.39. The first-order valence-electron chi connectivity index (χ1n) is 8.97. The summed E-state index contributed by atoms with van der Waals surface area (Å²) in [5.74, 6) is -0.532. The van der Waals surface area contributed by atoms with Gasteiger partial charge >= 0.3 is 0 Å². The van der Waals surface area contributed by atoms with Crippen LogP contribution in [0, 0.1) is 0 Å². The van der Waals surface area contributed by atoms with Crippen molar-refractivity contribution in [1.29, 1.82) is 0 Å². The summed E-state index contributed by atoms with van der Waals surface area (Å²) >= 11 is 0. The zero-order valence-electron chi connectivity index (χ0n) is 15.1. The van der Waals surface area contributed by atoms with Crippen molar-refractivity contribution >= 4 is 29.5 Å². The van der Waals surface area contributed by atoms with Gasteiger partial charge in [-0.3, -0.25) is 9.59 Å². The average Bonchev–Trinajstić information content (AvgIpc) is 2.71. The van der Waals surface area contributed by atoms with Gasteiger partial charge in [0.1, 0.15) is 0 Å². The smallest absolute Gasteiger partial charge is 0.241 e. The lowest BCUT2D eigenvalue weighted by Crippen LogP contribution is -2.43. The Labute approximate surface area is 159 Å². The van der Waals surface area contributed by atoms with E-state index in [1.165, 1.54) is 6.08 Å². The van der Waals surface area contributed by atoms with Gasteiger partial charge in [-0.25, -0.2) is 0 Å². The Bertz CT molecular complexity index is 863. The van der Waals surface area contributed by atoms with E-state index >= 15 is 0 Å². The Kier molecular flexibility index (Phi) is 6.18. The first-order valence-corrected chi connectivity index (χ1v) is 8.97. The highest BCUT2D eigenvalue weighted by Crippen LogP contribution is 2.17. The summed E-state index contributed by atoms with van der Waals surface area (Å²) in [4.78, 5) is 25.6.